The third-order valence-corrected chi connectivity index (χ3v) is 3.87. The van der Waals surface area contributed by atoms with Crippen LogP contribution in [0.15, 0.2) is 0 Å². The molecule has 0 bridgehead atoms. The van der Waals surface area contributed by atoms with Crippen molar-refractivity contribution < 1.29 is 14.3 Å². The van der Waals surface area contributed by atoms with Gasteiger partial charge in [0, 0.05) is 6.42 Å². The minimum atomic E-state index is -0.554. The predicted octanol–water partition coefficient (Wildman–Crippen LogP) is 1.64. The number of ketones is 1. The lowest BCUT2D eigenvalue weighted by Gasteiger charge is -2.33. The number of alkyl halides is 1. The molecule has 0 radical (unpaired) electrons. The van der Waals surface area contributed by atoms with Crippen molar-refractivity contribution in [2.45, 2.75) is 36.3 Å². The van der Waals surface area contributed by atoms with Crippen molar-refractivity contribution in [3.63, 3.8) is 0 Å². The van der Waals surface area contributed by atoms with Gasteiger partial charge in [-0.15, -0.1) is 0 Å². The van der Waals surface area contributed by atoms with Crippen LogP contribution in [-0.2, 0) is 14.3 Å². The van der Waals surface area contributed by atoms with Gasteiger partial charge in [-0.3, -0.25) is 4.79 Å². The molecule has 0 aromatic heterocycles. The van der Waals surface area contributed by atoms with Gasteiger partial charge in [0.1, 0.15) is 4.32 Å². The summed E-state index contributed by atoms with van der Waals surface area (Å²) in [4.78, 5) is 11.7. The van der Waals surface area contributed by atoms with Crippen LogP contribution in [-0.4, -0.2) is 29.6 Å². The Hall–Kier alpha value is 0.0700. The second-order valence-corrected chi connectivity index (χ2v) is 4.98. The number of rotatable bonds is 1. The zero-order valence-corrected chi connectivity index (χ0v) is 9.01. The molecule has 2 aliphatic rings. The normalized spacial score (nSPS) is 36.8. The number of carbonyl (C=O) groups is 1. The Labute approximate surface area is 85.9 Å². The first-order valence-corrected chi connectivity index (χ1v) is 5.48. The van der Waals surface area contributed by atoms with Crippen LogP contribution in [0.25, 0.3) is 0 Å². The molecule has 74 valence electrons. The van der Waals surface area contributed by atoms with Gasteiger partial charge in [0.25, 0.3) is 0 Å². The molecular formula is C9H13BrO3. The fraction of sp³-hybridized carbons (Fsp3) is 0.889. The number of Topliss-reactive ketones (excluding diaryl/α,β-unsaturated/α-hetero) is 1. The van der Waals surface area contributed by atoms with E-state index in [0.29, 0.717) is 19.6 Å². The van der Waals surface area contributed by atoms with E-state index < -0.39 is 4.32 Å². The van der Waals surface area contributed by atoms with Crippen molar-refractivity contribution in [3.8, 4) is 0 Å². The van der Waals surface area contributed by atoms with Gasteiger partial charge in [-0.2, -0.15) is 0 Å². The summed E-state index contributed by atoms with van der Waals surface area (Å²) < 4.78 is 10.2. The van der Waals surface area contributed by atoms with Gasteiger partial charge in [-0.1, -0.05) is 22.4 Å². The molecule has 1 aliphatic carbocycles. The lowest BCUT2D eigenvalue weighted by Crippen LogP contribution is -2.46. The fourth-order valence-electron chi connectivity index (χ4n) is 1.89. The summed E-state index contributed by atoms with van der Waals surface area (Å²) in [5.74, 6) is 0.227. The molecule has 1 saturated carbocycles. The molecule has 1 saturated heterocycles. The summed E-state index contributed by atoms with van der Waals surface area (Å²) in [5, 5.41) is 0. The zero-order valence-electron chi connectivity index (χ0n) is 7.42. The minimum absolute atomic E-state index is 0.227. The molecule has 0 unspecified atom stereocenters. The van der Waals surface area contributed by atoms with Crippen molar-refractivity contribution in [1.82, 2.24) is 0 Å². The maximum absolute atomic E-state index is 11.7. The third kappa shape index (κ3) is 1.67. The molecule has 2 fully saturated rings. The SMILES string of the molecule is O=C1CCCC[C@]1(Br)C1OCCO1. The average Bonchev–Trinajstić information content (AvgIpc) is 2.63. The number of hydrogen-bond donors (Lipinski definition) is 0. The first kappa shape index (κ1) is 9.62. The van der Waals surface area contributed by atoms with Crippen LogP contribution >= 0.6 is 15.9 Å². The van der Waals surface area contributed by atoms with Crippen molar-refractivity contribution in [1.29, 1.82) is 0 Å². The van der Waals surface area contributed by atoms with E-state index in [-0.39, 0.29) is 12.1 Å². The molecule has 1 atom stereocenters. The molecule has 0 amide bonds. The van der Waals surface area contributed by atoms with Gasteiger partial charge < -0.3 is 9.47 Å². The molecule has 2 rings (SSSR count). The summed E-state index contributed by atoms with van der Waals surface area (Å²) in [6.07, 6.45) is 3.18. The van der Waals surface area contributed by atoms with Gasteiger partial charge in [0.05, 0.1) is 13.2 Å². The second kappa shape index (κ2) is 3.67. The second-order valence-electron chi connectivity index (χ2n) is 3.57. The smallest absolute Gasteiger partial charge is 0.179 e. The summed E-state index contributed by atoms with van der Waals surface area (Å²) >= 11 is 3.49. The van der Waals surface area contributed by atoms with E-state index in [1.54, 1.807) is 0 Å². The Kier molecular flexibility index (Phi) is 2.72. The van der Waals surface area contributed by atoms with E-state index in [9.17, 15) is 4.79 Å². The summed E-state index contributed by atoms with van der Waals surface area (Å²) in [7, 11) is 0. The molecule has 0 N–H and O–H groups in total. The Morgan fingerprint density at radius 2 is 2.00 bits per heavy atom. The average molecular weight is 249 g/mol. The van der Waals surface area contributed by atoms with E-state index in [2.05, 4.69) is 15.9 Å². The molecule has 1 aliphatic heterocycles. The van der Waals surface area contributed by atoms with Gasteiger partial charge in [0.15, 0.2) is 12.1 Å². The first-order chi connectivity index (χ1) is 6.23. The Bertz CT molecular complexity index is 213. The van der Waals surface area contributed by atoms with Crippen molar-refractivity contribution >= 4 is 21.7 Å². The molecule has 3 nitrogen and oxygen atoms in total. The number of halogens is 1. The molecule has 0 aromatic carbocycles. The van der Waals surface area contributed by atoms with E-state index >= 15 is 0 Å². The van der Waals surface area contributed by atoms with E-state index in [0.717, 1.165) is 19.3 Å². The predicted molar refractivity (Wildman–Crippen MR) is 50.8 cm³/mol. The van der Waals surface area contributed by atoms with E-state index in [1.165, 1.54) is 0 Å². The van der Waals surface area contributed by atoms with E-state index in [4.69, 9.17) is 9.47 Å². The monoisotopic (exact) mass is 248 g/mol. The molecular weight excluding hydrogens is 236 g/mol. The lowest BCUT2D eigenvalue weighted by molar-refractivity contribution is -0.136. The highest BCUT2D eigenvalue weighted by atomic mass is 79.9. The summed E-state index contributed by atoms with van der Waals surface area (Å²) in [6, 6.07) is 0. The number of carbonyl (C=O) groups excluding carboxylic acids is 1. The largest absolute Gasteiger partial charge is 0.348 e. The number of ether oxygens (including phenoxy) is 2. The maximum atomic E-state index is 11.7. The maximum Gasteiger partial charge on any atom is 0.179 e. The Balaban J connectivity index is 2.11. The van der Waals surface area contributed by atoms with Crippen molar-refractivity contribution in [3.05, 3.63) is 0 Å². The minimum Gasteiger partial charge on any atom is -0.348 e. The van der Waals surface area contributed by atoms with Crippen LogP contribution in [0.3, 0.4) is 0 Å². The molecule has 4 heteroatoms. The van der Waals surface area contributed by atoms with Crippen LogP contribution in [0.4, 0.5) is 0 Å². The summed E-state index contributed by atoms with van der Waals surface area (Å²) in [5.41, 5.74) is 0. The zero-order chi connectivity index (χ0) is 9.31. The van der Waals surface area contributed by atoms with E-state index in [1.807, 2.05) is 0 Å². The van der Waals surface area contributed by atoms with Crippen LogP contribution in [0.5, 0.6) is 0 Å². The highest BCUT2D eigenvalue weighted by Crippen LogP contribution is 2.39. The van der Waals surface area contributed by atoms with Crippen LogP contribution in [0.2, 0.25) is 0 Å². The van der Waals surface area contributed by atoms with Crippen LogP contribution in [0.1, 0.15) is 25.7 Å². The number of hydrogen-bond acceptors (Lipinski definition) is 3. The van der Waals surface area contributed by atoms with Crippen molar-refractivity contribution in [2.24, 2.45) is 0 Å². The van der Waals surface area contributed by atoms with Crippen LogP contribution < -0.4 is 0 Å². The lowest BCUT2D eigenvalue weighted by atomic mass is 9.87. The Morgan fingerprint density at radius 1 is 1.31 bits per heavy atom. The highest BCUT2D eigenvalue weighted by Gasteiger charge is 2.47. The quantitative estimate of drug-likeness (QED) is 0.662. The first-order valence-electron chi connectivity index (χ1n) is 4.69. The van der Waals surface area contributed by atoms with Gasteiger partial charge in [-0.25, -0.2) is 0 Å². The van der Waals surface area contributed by atoms with Gasteiger partial charge in [0.2, 0.25) is 0 Å². The molecule has 0 spiro atoms. The van der Waals surface area contributed by atoms with Gasteiger partial charge >= 0.3 is 0 Å². The molecule has 1 heterocycles. The highest BCUT2D eigenvalue weighted by molar-refractivity contribution is 9.10. The molecule has 13 heavy (non-hydrogen) atoms. The molecule has 0 aromatic rings. The standard InChI is InChI=1S/C9H13BrO3/c10-9(8-12-5-6-13-8)4-2-1-3-7(9)11/h8H,1-6H2/t9-/m1/s1. The topological polar surface area (TPSA) is 35.5 Å². The van der Waals surface area contributed by atoms with Crippen LogP contribution in [0, 0.1) is 0 Å². The summed E-state index contributed by atoms with van der Waals surface area (Å²) in [6.45, 7) is 1.20. The Morgan fingerprint density at radius 3 is 2.62 bits per heavy atom. The van der Waals surface area contributed by atoms with Gasteiger partial charge in [-0.05, 0) is 12.8 Å². The van der Waals surface area contributed by atoms with Crippen molar-refractivity contribution in [2.75, 3.05) is 13.2 Å². The fourth-order valence-corrected chi connectivity index (χ4v) is 2.63. The third-order valence-electron chi connectivity index (χ3n) is 2.65.